The van der Waals surface area contributed by atoms with E-state index in [9.17, 15) is 4.79 Å². The number of hydrogen-bond donors (Lipinski definition) is 2. The average Bonchev–Trinajstić information content (AvgIpc) is 2.95. The van der Waals surface area contributed by atoms with Gasteiger partial charge in [-0.05, 0) is 43.5 Å². The molecule has 5 nitrogen and oxygen atoms in total. The molecule has 1 amide bonds. The molecule has 3 N–H and O–H groups in total. The first-order valence-electron chi connectivity index (χ1n) is 7.69. The zero-order chi connectivity index (χ0) is 15.1. The molecule has 1 fully saturated rings. The van der Waals surface area contributed by atoms with Gasteiger partial charge in [0.25, 0.3) is 5.91 Å². The molecule has 0 aromatic heterocycles. The average molecular weight is 291 g/mol. The van der Waals surface area contributed by atoms with Crippen LogP contribution >= 0.6 is 0 Å². The highest BCUT2D eigenvalue weighted by Gasteiger charge is 2.21. The molecular formula is C16H25N3O2. The van der Waals surface area contributed by atoms with Crippen molar-refractivity contribution in [2.75, 3.05) is 26.2 Å². The van der Waals surface area contributed by atoms with Gasteiger partial charge in [0.2, 0.25) is 0 Å². The number of benzene rings is 1. The zero-order valence-electron chi connectivity index (χ0n) is 12.7. The molecule has 1 aliphatic rings. The number of hydrazine groups is 1. The molecule has 1 saturated heterocycles. The van der Waals surface area contributed by atoms with Gasteiger partial charge in [0.05, 0.1) is 0 Å². The molecular weight excluding hydrogens is 266 g/mol. The van der Waals surface area contributed by atoms with E-state index in [0.29, 0.717) is 17.9 Å². The minimum atomic E-state index is -0.303. The number of nitrogen functional groups attached to an aromatic ring is 1. The number of carbonyl (C=O) groups excluding carboxylic acids is 1. The lowest BCUT2D eigenvalue weighted by molar-refractivity contribution is 0.0953. The normalized spacial score (nSPS) is 18.7. The number of rotatable bonds is 7. The maximum absolute atomic E-state index is 11.4. The van der Waals surface area contributed by atoms with Gasteiger partial charge in [0.15, 0.2) is 0 Å². The van der Waals surface area contributed by atoms with E-state index in [-0.39, 0.29) is 5.91 Å². The number of ether oxygens (including phenoxy) is 1. The summed E-state index contributed by atoms with van der Waals surface area (Å²) in [6.45, 7) is 6.19. The highest BCUT2D eigenvalue weighted by Crippen LogP contribution is 2.20. The Morgan fingerprint density at radius 1 is 1.52 bits per heavy atom. The molecule has 1 atom stereocenters. The van der Waals surface area contributed by atoms with Gasteiger partial charge in [0.1, 0.15) is 12.4 Å². The van der Waals surface area contributed by atoms with Crippen LogP contribution in [0.25, 0.3) is 0 Å². The second-order valence-electron chi connectivity index (χ2n) is 5.59. The van der Waals surface area contributed by atoms with Crippen LogP contribution in [0.1, 0.15) is 36.5 Å². The number of nitrogens with one attached hydrogen (secondary N) is 1. The Balaban J connectivity index is 1.75. The molecule has 0 saturated carbocycles. The van der Waals surface area contributed by atoms with Crippen molar-refractivity contribution in [3.63, 3.8) is 0 Å². The third-order valence-corrected chi connectivity index (χ3v) is 3.97. The molecule has 0 radical (unpaired) electrons. The largest absolute Gasteiger partial charge is 0.492 e. The Labute approximate surface area is 126 Å². The van der Waals surface area contributed by atoms with Crippen LogP contribution in [0.15, 0.2) is 24.3 Å². The van der Waals surface area contributed by atoms with Crippen LogP contribution in [-0.4, -0.2) is 37.0 Å². The Bertz CT molecular complexity index is 465. The predicted molar refractivity (Wildman–Crippen MR) is 83.0 cm³/mol. The quantitative estimate of drug-likeness (QED) is 0.456. The third kappa shape index (κ3) is 4.72. The summed E-state index contributed by atoms with van der Waals surface area (Å²) in [5.41, 5.74) is 2.64. The van der Waals surface area contributed by atoms with E-state index in [0.717, 1.165) is 12.5 Å². The number of carbonyl (C=O) groups is 1. The topological polar surface area (TPSA) is 67.6 Å². The van der Waals surface area contributed by atoms with E-state index in [2.05, 4.69) is 17.2 Å². The molecule has 1 heterocycles. The van der Waals surface area contributed by atoms with Gasteiger partial charge in [-0.15, -0.1) is 0 Å². The van der Waals surface area contributed by atoms with Gasteiger partial charge in [-0.25, -0.2) is 5.84 Å². The summed E-state index contributed by atoms with van der Waals surface area (Å²) in [6.07, 6.45) is 3.90. The van der Waals surface area contributed by atoms with E-state index < -0.39 is 0 Å². The molecule has 2 rings (SSSR count). The summed E-state index contributed by atoms with van der Waals surface area (Å²) in [7, 11) is 0. The fourth-order valence-corrected chi connectivity index (χ4v) is 2.86. The van der Waals surface area contributed by atoms with Gasteiger partial charge >= 0.3 is 0 Å². The number of nitrogens with two attached hydrogens (primary N) is 1. The lowest BCUT2D eigenvalue weighted by Gasteiger charge is -2.16. The van der Waals surface area contributed by atoms with Crippen LogP contribution in [0.3, 0.4) is 0 Å². The molecule has 1 aliphatic heterocycles. The number of nitrogens with zero attached hydrogens (tertiary/aromatic N) is 1. The molecule has 1 unspecified atom stereocenters. The Morgan fingerprint density at radius 2 is 2.38 bits per heavy atom. The van der Waals surface area contributed by atoms with Crippen LogP contribution in [-0.2, 0) is 0 Å². The minimum Gasteiger partial charge on any atom is -0.492 e. The first-order chi connectivity index (χ1) is 10.2. The molecule has 0 aliphatic carbocycles. The number of hydrogen-bond acceptors (Lipinski definition) is 4. The lowest BCUT2D eigenvalue weighted by atomic mass is 10.0. The van der Waals surface area contributed by atoms with Crippen molar-refractivity contribution in [3.05, 3.63) is 29.8 Å². The van der Waals surface area contributed by atoms with Crippen LogP contribution in [0.4, 0.5) is 0 Å². The zero-order valence-corrected chi connectivity index (χ0v) is 12.7. The van der Waals surface area contributed by atoms with E-state index >= 15 is 0 Å². The summed E-state index contributed by atoms with van der Waals surface area (Å²) in [5.74, 6) is 6.39. The second kappa shape index (κ2) is 8.00. The van der Waals surface area contributed by atoms with E-state index in [1.54, 1.807) is 18.2 Å². The first kappa shape index (κ1) is 15.8. The summed E-state index contributed by atoms with van der Waals surface area (Å²) < 4.78 is 5.74. The Hall–Kier alpha value is -1.59. The van der Waals surface area contributed by atoms with Crippen LogP contribution in [0.2, 0.25) is 0 Å². The molecule has 1 aromatic carbocycles. The molecule has 0 spiro atoms. The van der Waals surface area contributed by atoms with Gasteiger partial charge in [0, 0.05) is 18.7 Å². The van der Waals surface area contributed by atoms with Gasteiger partial charge < -0.3 is 4.74 Å². The summed E-state index contributed by atoms with van der Waals surface area (Å²) >= 11 is 0. The predicted octanol–water partition coefficient (Wildman–Crippen LogP) is 1.79. The number of amides is 1. The summed E-state index contributed by atoms with van der Waals surface area (Å²) in [5, 5.41) is 0. The standard InChI is InChI=1S/C16H25N3O2/c1-2-4-13-7-8-19(12-13)9-10-21-15-6-3-5-14(11-15)16(20)18-17/h3,5-6,11,13H,2,4,7-10,12,17H2,1H3,(H,18,20). The van der Waals surface area contributed by atoms with E-state index in [1.807, 2.05) is 6.07 Å². The molecule has 0 bridgehead atoms. The Kier molecular flexibility index (Phi) is 6.02. The Morgan fingerprint density at radius 3 is 3.14 bits per heavy atom. The smallest absolute Gasteiger partial charge is 0.265 e. The maximum Gasteiger partial charge on any atom is 0.265 e. The van der Waals surface area contributed by atoms with E-state index in [4.69, 9.17) is 10.6 Å². The van der Waals surface area contributed by atoms with Crippen LogP contribution in [0, 0.1) is 5.92 Å². The number of likely N-dealkylation sites (tertiary alicyclic amines) is 1. The van der Waals surface area contributed by atoms with Crippen molar-refractivity contribution >= 4 is 5.91 Å². The molecule has 116 valence electrons. The van der Waals surface area contributed by atoms with Crippen molar-refractivity contribution in [1.82, 2.24) is 10.3 Å². The monoisotopic (exact) mass is 291 g/mol. The lowest BCUT2D eigenvalue weighted by Crippen LogP contribution is -2.30. The molecule has 21 heavy (non-hydrogen) atoms. The van der Waals surface area contributed by atoms with Crippen molar-refractivity contribution in [3.8, 4) is 5.75 Å². The van der Waals surface area contributed by atoms with Gasteiger partial charge in [-0.1, -0.05) is 19.4 Å². The first-order valence-corrected chi connectivity index (χ1v) is 7.69. The molecule has 5 heteroatoms. The van der Waals surface area contributed by atoms with Crippen molar-refractivity contribution in [2.45, 2.75) is 26.2 Å². The minimum absolute atomic E-state index is 0.303. The van der Waals surface area contributed by atoms with Crippen LogP contribution < -0.4 is 16.0 Å². The third-order valence-electron chi connectivity index (χ3n) is 3.97. The fraction of sp³-hybridized carbons (Fsp3) is 0.562. The fourth-order valence-electron chi connectivity index (χ4n) is 2.86. The van der Waals surface area contributed by atoms with Crippen LogP contribution in [0.5, 0.6) is 5.75 Å². The highest BCUT2D eigenvalue weighted by molar-refractivity contribution is 5.94. The van der Waals surface area contributed by atoms with Crippen molar-refractivity contribution in [2.24, 2.45) is 11.8 Å². The SMILES string of the molecule is CCCC1CCN(CCOc2cccc(C(=O)NN)c2)C1. The highest BCUT2D eigenvalue weighted by atomic mass is 16.5. The van der Waals surface area contributed by atoms with Gasteiger partial charge in [-0.3, -0.25) is 15.1 Å². The van der Waals surface area contributed by atoms with Crippen molar-refractivity contribution < 1.29 is 9.53 Å². The molecule has 1 aromatic rings. The second-order valence-corrected chi connectivity index (χ2v) is 5.59. The van der Waals surface area contributed by atoms with Crippen molar-refractivity contribution in [1.29, 1.82) is 0 Å². The van der Waals surface area contributed by atoms with E-state index in [1.165, 1.54) is 32.4 Å². The maximum atomic E-state index is 11.4. The van der Waals surface area contributed by atoms with Gasteiger partial charge in [-0.2, -0.15) is 0 Å². The summed E-state index contributed by atoms with van der Waals surface area (Å²) in [4.78, 5) is 13.9. The summed E-state index contributed by atoms with van der Waals surface area (Å²) in [6, 6.07) is 7.08.